The molecule has 0 spiro atoms. The van der Waals surface area contributed by atoms with Gasteiger partial charge in [0.1, 0.15) is 0 Å². The third-order valence-corrected chi connectivity index (χ3v) is 13.4. The van der Waals surface area contributed by atoms with Gasteiger partial charge in [0.15, 0.2) is 0 Å². The molecule has 0 bridgehead atoms. The molecular formula is C40H84CrO4P2. The van der Waals surface area contributed by atoms with Gasteiger partial charge in [-0.15, -0.1) is 0 Å². The molecule has 0 N–H and O–H groups in total. The van der Waals surface area contributed by atoms with Gasteiger partial charge in [-0.2, -0.15) is 0 Å². The fourth-order valence-corrected chi connectivity index (χ4v) is 9.44. The Kier molecular flexibility index (Phi) is 46.0. The first-order valence-corrected chi connectivity index (χ1v) is 24.8. The van der Waals surface area contributed by atoms with Crippen LogP contribution in [-0.4, -0.2) is 24.6 Å². The van der Waals surface area contributed by atoms with Crippen molar-refractivity contribution in [1.82, 2.24) is 0 Å². The van der Waals surface area contributed by atoms with E-state index in [4.69, 9.17) is 0 Å². The smallest absolute Gasteiger partial charge is 0.799 e. The van der Waals surface area contributed by atoms with Gasteiger partial charge in [-0.25, -0.2) is 0 Å². The van der Waals surface area contributed by atoms with Crippen molar-refractivity contribution in [3.05, 3.63) is 0 Å². The van der Waals surface area contributed by atoms with Gasteiger partial charge >= 0.3 is 17.4 Å². The van der Waals surface area contributed by atoms with Gasteiger partial charge in [0.25, 0.3) is 0 Å². The molecule has 0 aliphatic carbocycles. The summed E-state index contributed by atoms with van der Waals surface area (Å²) < 4.78 is 24.0. The summed E-state index contributed by atoms with van der Waals surface area (Å²) >= 11 is 0. The second-order valence-electron chi connectivity index (χ2n) is 14.4. The summed E-state index contributed by atoms with van der Waals surface area (Å²) in [7, 11) is -6.15. The van der Waals surface area contributed by atoms with Crippen LogP contribution in [0.3, 0.4) is 0 Å². The average molecular weight is 743 g/mol. The summed E-state index contributed by atoms with van der Waals surface area (Å²) in [6.07, 6.45) is 40.8. The second-order valence-corrected chi connectivity index (χ2v) is 19.5. The maximum absolute atomic E-state index is 12.0. The molecule has 0 amide bonds. The zero-order valence-corrected chi connectivity index (χ0v) is 35.5. The van der Waals surface area contributed by atoms with E-state index in [-0.39, 0.29) is 17.4 Å². The van der Waals surface area contributed by atoms with Crippen LogP contribution in [0.1, 0.15) is 233 Å². The molecule has 0 aromatic carbocycles. The van der Waals surface area contributed by atoms with Crippen molar-refractivity contribution in [3.63, 3.8) is 0 Å². The maximum Gasteiger partial charge on any atom is 2.00 e. The summed E-state index contributed by atoms with van der Waals surface area (Å²) in [4.78, 5) is 24.0. The predicted molar refractivity (Wildman–Crippen MR) is 205 cm³/mol. The zero-order chi connectivity index (χ0) is 34.5. The molecule has 47 heavy (non-hydrogen) atoms. The van der Waals surface area contributed by atoms with Gasteiger partial charge < -0.3 is 18.9 Å². The van der Waals surface area contributed by atoms with Gasteiger partial charge in [0, 0.05) is 14.7 Å². The Morgan fingerprint density at radius 1 is 0.277 bits per heavy atom. The zero-order valence-electron chi connectivity index (χ0n) is 32.4. The summed E-state index contributed by atoms with van der Waals surface area (Å²) in [5, 5.41) is 0. The normalized spacial score (nSPS) is 11.7. The van der Waals surface area contributed by atoms with Crippen molar-refractivity contribution in [3.8, 4) is 0 Å². The van der Waals surface area contributed by atoms with Crippen LogP contribution in [0.2, 0.25) is 0 Å². The first-order chi connectivity index (χ1) is 22.2. The van der Waals surface area contributed by atoms with E-state index in [0.29, 0.717) is 24.6 Å². The van der Waals surface area contributed by atoms with E-state index in [0.717, 1.165) is 51.4 Å². The van der Waals surface area contributed by atoms with Crippen LogP contribution >= 0.6 is 14.7 Å². The van der Waals surface area contributed by atoms with Crippen LogP contribution in [0.25, 0.3) is 0 Å². The molecule has 0 aliphatic rings. The molecule has 0 saturated carbocycles. The van der Waals surface area contributed by atoms with E-state index in [1.807, 2.05) is 0 Å². The number of rotatable bonds is 36. The average Bonchev–Trinajstić information content (AvgIpc) is 3.02. The number of hydrogen-bond donors (Lipinski definition) is 0. The van der Waals surface area contributed by atoms with E-state index in [1.165, 1.54) is 154 Å². The van der Waals surface area contributed by atoms with Crippen LogP contribution in [0.4, 0.5) is 0 Å². The second kappa shape index (κ2) is 41.3. The van der Waals surface area contributed by atoms with Crippen molar-refractivity contribution in [1.29, 1.82) is 0 Å². The molecule has 0 atom stereocenters. The Balaban J connectivity index is -0.000000807. The van der Waals surface area contributed by atoms with Crippen molar-refractivity contribution >= 4 is 14.7 Å². The monoisotopic (exact) mass is 743 g/mol. The van der Waals surface area contributed by atoms with Gasteiger partial charge in [-0.3, -0.25) is 0 Å². The molecule has 0 rings (SSSR count). The van der Waals surface area contributed by atoms with Gasteiger partial charge in [0.05, 0.1) is 0 Å². The quantitative estimate of drug-likeness (QED) is 0.0473. The fourth-order valence-electron chi connectivity index (χ4n) is 6.17. The van der Waals surface area contributed by atoms with Crippen molar-refractivity contribution in [2.75, 3.05) is 24.6 Å². The van der Waals surface area contributed by atoms with Crippen LogP contribution in [0.5, 0.6) is 0 Å². The minimum Gasteiger partial charge on any atom is -0.799 e. The molecule has 0 aromatic rings. The summed E-state index contributed by atoms with van der Waals surface area (Å²) in [6.45, 7) is 8.94. The van der Waals surface area contributed by atoms with Crippen molar-refractivity contribution in [2.45, 2.75) is 233 Å². The third-order valence-electron chi connectivity index (χ3n) is 9.41. The maximum atomic E-state index is 12.0. The summed E-state index contributed by atoms with van der Waals surface area (Å²) in [5.41, 5.74) is 0. The van der Waals surface area contributed by atoms with Gasteiger partial charge in [-0.05, 0) is 50.3 Å². The molecule has 0 aliphatic heterocycles. The third kappa shape index (κ3) is 46.9. The van der Waals surface area contributed by atoms with Crippen molar-refractivity contribution in [2.24, 2.45) is 0 Å². The SMILES string of the molecule is CCCCCCCCCCP(=O)([O-])CCCCCCCCCC.CCCCCCCCCCP(=O)([O-])CCCCCCCCCC.[Cr+2]. The van der Waals surface area contributed by atoms with Crippen LogP contribution < -0.4 is 9.79 Å². The minimum absolute atomic E-state index is 0. The summed E-state index contributed by atoms with van der Waals surface area (Å²) in [6, 6.07) is 0. The molecule has 0 saturated heterocycles. The predicted octanol–water partition coefficient (Wildman–Crippen LogP) is 13.8. The number of hydrogen-bond acceptors (Lipinski definition) is 4. The van der Waals surface area contributed by atoms with Gasteiger partial charge in [0.2, 0.25) is 0 Å². The van der Waals surface area contributed by atoms with E-state index in [9.17, 15) is 18.9 Å². The Labute approximate surface area is 307 Å². The van der Waals surface area contributed by atoms with E-state index in [2.05, 4.69) is 27.7 Å². The van der Waals surface area contributed by atoms with E-state index in [1.54, 1.807) is 0 Å². The minimum atomic E-state index is -3.07. The Bertz CT molecular complexity index is 573. The van der Waals surface area contributed by atoms with E-state index >= 15 is 0 Å². The molecule has 7 heteroatoms. The van der Waals surface area contributed by atoms with Crippen LogP contribution in [0.15, 0.2) is 0 Å². The fraction of sp³-hybridized carbons (Fsp3) is 1.00. The molecule has 0 fully saturated rings. The molecule has 0 heterocycles. The molecular weight excluding hydrogens is 658 g/mol. The largest absolute Gasteiger partial charge is 2.00 e. The van der Waals surface area contributed by atoms with Crippen LogP contribution in [0, 0.1) is 0 Å². The van der Waals surface area contributed by atoms with Crippen LogP contribution in [-0.2, 0) is 26.5 Å². The molecule has 0 radical (unpaired) electrons. The first-order valence-electron chi connectivity index (χ1n) is 20.8. The van der Waals surface area contributed by atoms with Crippen molar-refractivity contribution < 1.29 is 36.3 Å². The van der Waals surface area contributed by atoms with E-state index < -0.39 is 14.7 Å². The topological polar surface area (TPSA) is 80.3 Å². The Morgan fingerprint density at radius 2 is 0.404 bits per heavy atom. The molecule has 0 aromatic heterocycles. The molecule has 0 unspecified atom stereocenters. The Hall–Kier alpha value is 0.912. The Morgan fingerprint density at radius 3 is 0.553 bits per heavy atom. The number of unbranched alkanes of at least 4 members (excludes halogenated alkanes) is 28. The molecule has 284 valence electrons. The first kappa shape index (κ1) is 52.3. The standard InChI is InChI=1S/2C20H43O2P.Cr/c2*1-3-5-7-9-11-13-15-17-19-23(21,22)20-18-16-14-12-10-8-6-4-2;/h2*3-20H2,1-2H3,(H,21,22);/q;;+2/p-2. The molecule has 4 nitrogen and oxygen atoms in total. The summed E-state index contributed by atoms with van der Waals surface area (Å²) in [5.74, 6) is 0. The van der Waals surface area contributed by atoms with Gasteiger partial charge in [-0.1, -0.05) is 207 Å².